The average molecular weight is 320 g/mol. The molecule has 1 fully saturated rings. The minimum atomic E-state index is -3.37. The molecular formula is C15H33N3O2S. The maximum absolute atomic E-state index is 12.6. The van der Waals surface area contributed by atoms with Crippen LogP contribution in [0.5, 0.6) is 0 Å². The molecule has 1 rings (SSSR count). The summed E-state index contributed by atoms with van der Waals surface area (Å²) in [7, 11) is -3.37. The SMILES string of the molecule is CCCNCC1CCCCN1S(=O)(=O)NCC(C)(C)CC. The van der Waals surface area contributed by atoms with Crippen molar-refractivity contribution >= 4 is 10.2 Å². The van der Waals surface area contributed by atoms with Gasteiger partial charge in [-0.05, 0) is 37.6 Å². The topological polar surface area (TPSA) is 61.4 Å². The van der Waals surface area contributed by atoms with Gasteiger partial charge in [-0.15, -0.1) is 0 Å². The van der Waals surface area contributed by atoms with Gasteiger partial charge < -0.3 is 5.32 Å². The molecule has 0 aliphatic carbocycles. The van der Waals surface area contributed by atoms with Gasteiger partial charge >= 0.3 is 0 Å². The van der Waals surface area contributed by atoms with Gasteiger partial charge in [-0.1, -0.05) is 34.1 Å². The summed E-state index contributed by atoms with van der Waals surface area (Å²) in [6.07, 6.45) is 5.06. The van der Waals surface area contributed by atoms with E-state index in [1.807, 2.05) is 0 Å². The average Bonchev–Trinajstić information content (AvgIpc) is 2.46. The van der Waals surface area contributed by atoms with E-state index < -0.39 is 10.2 Å². The molecule has 2 N–H and O–H groups in total. The smallest absolute Gasteiger partial charge is 0.279 e. The lowest BCUT2D eigenvalue weighted by Crippen LogP contribution is -2.53. The van der Waals surface area contributed by atoms with E-state index in [1.54, 1.807) is 4.31 Å². The Kier molecular flexibility index (Phi) is 7.60. The largest absolute Gasteiger partial charge is 0.315 e. The Morgan fingerprint density at radius 3 is 2.57 bits per heavy atom. The van der Waals surface area contributed by atoms with Crippen molar-refractivity contribution in [3.8, 4) is 0 Å². The molecule has 1 heterocycles. The molecule has 126 valence electrons. The third-order valence-corrected chi connectivity index (χ3v) is 5.99. The van der Waals surface area contributed by atoms with E-state index in [0.717, 1.165) is 45.2 Å². The van der Waals surface area contributed by atoms with Crippen molar-refractivity contribution in [1.29, 1.82) is 0 Å². The highest BCUT2D eigenvalue weighted by atomic mass is 32.2. The van der Waals surface area contributed by atoms with Crippen LogP contribution in [-0.4, -0.2) is 44.9 Å². The van der Waals surface area contributed by atoms with Crippen molar-refractivity contribution in [3.63, 3.8) is 0 Å². The molecule has 0 saturated carbocycles. The second kappa shape index (κ2) is 8.46. The molecule has 1 aliphatic heterocycles. The number of hydrogen-bond donors (Lipinski definition) is 2. The van der Waals surface area contributed by atoms with Crippen LogP contribution in [0.3, 0.4) is 0 Å². The standard InChI is InChI=1S/C15H33N3O2S/c1-5-10-16-12-14-9-7-8-11-18(14)21(19,20)17-13-15(3,4)6-2/h14,16-17H,5-13H2,1-4H3. The Morgan fingerprint density at radius 2 is 1.95 bits per heavy atom. The van der Waals surface area contributed by atoms with Gasteiger partial charge in [0.2, 0.25) is 0 Å². The summed E-state index contributed by atoms with van der Waals surface area (Å²) in [5, 5.41) is 3.36. The minimum Gasteiger partial charge on any atom is -0.315 e. The Labute approximate surface area is 131 Å². The minimum absolute atomic E-state index is 0.00118. The third-order valence-electron chi connectivity index (χ3n) is 4.38. The second-order valence-electron chi connectivity index (χ2n) is 6.81. The van der Waals surface area contributed by atoms with E-state index in [2.05, 4.69) is 37.7 Å². The molecule has 5 nitrogen and oxygen atoms in total. The first-order valence-corrected chi connectivity index (χ1v) is 9.73. The first-order chi connectivity index (χ1) is 9.82. The highest BCUT2D eigenvalue weighted by Gasteiger charge is 2.32. The van der Waals surface area contributed by atoms with E-state index in [1.165, 1.54) is 0 Å². The Bertz CT molecular complexity index is 396. The summed E-state index contributed by atoms with van der Waals surface area (Å²) in [5.41, 5.74) is -0.00118. The van der Waals surface area contributed by atoms with Gasteiger partial charge in [-0.3, -0.25) is 0 Å². The lowest BCUT2D eigenvalue weighted by Gasteiger charge is -2.35. The van der Waals surface area contributed by atoms with Gasteiger partial charge in [-0.2, -0.15) is 12.7 Å². The van der Waals surface area contributed by atoms with Crippen molar-refractivity contribution in [2.75, 3.05) is 26.2 Å². The van der Waals surface area contributed by atoms with Crippen LogP contribution in [0, 0.1) is 5.41 Å². The summed E-state index contributed by atoms with van der Waals surface area (Å²) in [6.45, 7) is 11.2. The summed E-state index contributed by atoms with van der Waals surface area (Å²) in [4.78, 5) is 0. The first-order valence-electron chi connectivity index (χ1n) is 8.29. The number of piperidine rings is 1. The van der Waals surface area contributed by atoms with Gasteiger partial charge in [-0.25, -0.2) is 4.72 Å². The predicted octanol–water partition coefficient (Wildman–Crippen LogP) is 2.11. The molecule has 0 aromatic rings. The lowest BCUT2D eigenvalue weighted by atomic mass is 9.91. The number of hydrogen-bond acceptors (Lipinski definition) is 3. The van der Waals surface area contributed by atoms with Crippen molar-refractivity contribution in [2.24, 2.45) is 5.41 Å². The zero-order valence-electron chi connectivity index (χ0n) is 14.1. The van der Waals surface area contributed by atoms with Crippen LogP contribution in [0.2, 0.25) is 0 Å². The number of nitrogens with zero attached hydrogens (tertiary/aromatic N) is 1. The summed E-state index contributed by atoms with van der Waals surface area (Å²) in [5.74, 6) is 0. The van der Waals surface area contributed by atoms with Crippen LogP contribution in [0.1, 0.15) is 59.8 Å². The van der Waals surface area contributed by atoms with Gasteiger partial charge in [0.15, 0.2) is 0 Å². The fourth-order valence-electron chi connectivity index (χ4n) is 2.43. The first kappa shape index (κ1) is 18.9. The molecule has 0 bridgehead atoms. The quantitative estimate of drug-likeness (QED) is 0.640. The van der Waals surface area contributed by atoms with E-state index in [-0.39, 0.29) is 11.5 Å². The van der Waals surface area contributed by atoms with Crippen LogP contribution < -0.4 is 10.0 Å². The molecule has 0 radical (unpaired) electrons. The van der Waals surface area contributed by atoms with Crippen LogP contribution >= 0.6 is 0 Å². The normalized spacial score (nSPS) is 21.6. The highest BCUT2D eigenvalue weighted by Crippen LogP contribution is 2.22. The molecule has 6 heteroatoms. The molecule has 0 amide bonds. The molecule has 1 unspecified atom stereocenters. The molecule has 0 aromatic carbocycles. The second-order valence-corrected chi connectivity index (χ2v) is 8.52. The molecule has 21 heavy (non-hydrogen) atoms. The lowest BCUT2D eigenvalue weighted by molar-refractivity contribution is 0.240. The van der Waals surface area contributed by atoms with Crippen molar-refractivity contribution in [1.82, 2.24) is 14.3 Å². The fourth-order valence-corrected chi connectivity index (χ4v) is 4.12. The number of nitrogens with one attached hydrogen (secondary N) is 2. The molecule has 1 saturated heterocycles. The zero-order chi connectivity index (χ0) is 15.9. The van der Waals surface area contributed by atoms with Crippen molar-refractivity contribution < 1.29 is 8.42 Å². The van der Waals surface area contributed by atoms with Crippen LogP contribution in [0.4, 0.5) is 0 Å². The van der Waals surface area contributed by atoms with Gasteiger partial charge in [0, 0.05) is 25.7 Å². The Morgan fingerprint density at radius 1 is 1.24 bits per heavy atom. The number of rotatable bonds is 9. The van der Waals surface area contributed by atoms with Crippen LogP contribution in [-0.2, 0) is 10.2 Å². The highest BCUT2D eigenvalue weighted by molar-refractivity contribution is 7.87. The third kappa shape index (κ3) is 6.22. The van der Waals surface area contributed by atoms with E-state index >= 15 is 0 Å². The molecule has 1 aliphatic rings. The van der Waals surface area contributed by atoms with Crippen LogP contribution in [0.25, 0.3) is 0 Å². The summed E-state index contributed by atoms with van der Waals surface area (Å²) in [6, 6.07) is 0.0903. The zero-order valence-corrected chi connectivity index (χ0v) is 14.9. The van der Waals surface area contributed by atoms with Crippen molar-refractivity contribution in [3.05, 3.63) is 0 Å². The van der Waals surface area contributed by atoms with Crippen LogP contribution in [0.15, 0.2) is 0 Å². The van der Waals surface area contributed by atoms with Gasteiger partial charge in [0.1, 0.15) is 0 Å². The van der Waals surface area contributed by atoms with Gasteiger partial charge in [0.05, 0.1) is 0 Å². The molecule has 0 aromatic heterocycles. The molecule has 1 atom stereocenters. The predicted molar refractivity (Wildman–Crippen MR) is 88.5 cm³/mol. The molecule has 0 spiro atoms. The Balaban J connectivity index is 2.64. The summed E-state index contributed by atoms with van der Waals surface area (Å²) < 4.78 is 29.6. The molecular weight excluding hydrogens is 286 g/mol. The maximum Gasteiger partial charge on any atom is 0.279 e. The van der Waals surface area contributed by atoms with Crippen molar-refractivity contribution in [2.45, 2.75) is 65.8 Å². The van der Waals surface area contributed by atoms with Gasteiger partial charge in [0.25, 0.3) is 10.2 Å². The monoisotopic (exact) mass is 319 g/mol. The Hall–Kier alpha value is -0.170. The van der Waals surface area contributed by atoms with E-state index in [0.29, 0.717) is 13.1 Å². The fraction of sp³-hybridized carbons (Fsp3) is 1.00. The maximum atomic E-state index is 12.6. The summed E-state index contributed by atoms with van der Waals surface area (Å²) >= 11 is 0. The van der Waals surface area contributed by atoms with E-state index in [9.17, 15) is 8.42 Å². The van der Waals surface area contributed by atoms with E-state index in [4.69, 9.17) is 0 Å².